The molecular formula is C6H8FNO3. The molecule has 0 saturated heterocycles. The minimum atomic E-state index is -1.63. The second-order valence-corrected chi connectivity index (χ2v) is 1.79. The largest absolute Gasteiger partial charge is 0.476 e. The normalized spacial score (nSPS) is 10.9. The summed E-state index contributed by atoms with van der Waals surface area (Å²) in [7, 11) is 0. The van der Waals surface area contributed by atoms with Crippen molar-refractivity contribution in [2.75, 3.05) is 6.54 Å². The van der Waals surface area contributed by atoms with Gasteiger partial charge in [-0.2, -0.15) is 4.39 Å². The van der Waals surface area contributed by atoms with Gasteiger partial charge >= 0.3 is 5.97 Å². The van der Waals surface area contributed by atoms with Gasteiger partial charge in [0.1, 0.15) is 0 Å². The molecule has 0 aliphatic rings. The van der Waals surface area contributed by atoms with E-state index in [1.54, 1.807) is 0 Å². The summed E-state index contributed by atoms with van der Waals surface area (Å²) in [5, 5.41) is 10.2. The van der Waals surface area contributed by atoms with E-state index in [0.29, 0.717) is 0 Å². The van der Waals surface area contributed by atoms with Crippen LogP contribution in [0.1, 0.15) is 6.92 Å². The Bertz CT molecular complexity index is 200. The quantitative estimate of drug-likeness (QED) is 0.575. The first-order chi connectivity index (χ1) is 5.04. The van der Waals surface area contributed by atoms with E-state index in [2.05, 4.69) is 5.32 Å². The molecule has 0 radical (unpaired) electrons. The Labute approximate surface area is 62.7 Å². The zero-order valence-electron chi connectivity index (χ0n) is 5.93. The van der Waals surface area contributed by atoms with Crippen LogP contribution >= 0.6 is 0 Å². The molecule has 0 aliphatic carbocycles. The predicted octanol–water partition coefficient (Wildman–Crippen LogP) is 0.0605. The molecule has 0 aromatic carbocycles. The van der Waals surface area contributed by atoms with Gasteiger partial charge in [-0.05, 0) is 6.08 Å². The van der Waals surface area contributed by atoms with Crippen LogP contribution in [0, 0.1) is 0 Å². The van der Waals surface area contributed by atoms with E-state index >= 15 is 0 Å². The number of carbonyl (C=O) groups is 2. The van der Waals surface area contributed by atoms with E-state index in [9.17, 15) is 14.0 Å². The Balaban J connectivity index is 3.74. The second-order valence-electron chi connectivity index (χ2n) is 1.79. The summed E-state index contributed by atoms with van der Waals surface area (Å²) < 4.78 is 12.1. The van der Waals surface area contributed by atoms with Gasteiger partial charge in [-0.1, -0.05) is 0 Å². The number of nitrogens with one attached hydrogen (secondary N) is 1. The van der Waals surface area contributed by atoms with Crippen molar-refractivity contribution >= 4 is 11.9 Å². The lowest BCUT2D eigenvalue weighted by Gasteiger charge is -1.93. The fourth-order valence-electron chi connectivity index (χ4n) is 0.372. The summed E-state index contributed by atoms with van der Waals surface area (Å²) in [6, 6.07) is 0. The predicted molar refractivity (Wildman–Crippen MR) is 35.5 cm³/mol. The molecule has 62 valence electrons. The van der Waals surface area contributed by atoms with Crippen molar-refractivity contribution in [1.82, 2.24) is 5.32 Å². The average molecular weight is 161 g/mol. The number of aliphatic carboxylic acids is 1. The summed E-state index contributed by atoms with van der Waals surface area (Å²) in [4.78, 5) is 20.0. The van der Waals surface area contributed by atoms with Crippen LogP contribution in [0.25, 0.3) is 0 Å². The van der Waals surface area contributed by atoms with Crippen molar-refractivity contribution in [3.8, 4) is 0 Å². The molecular weight excluding hydrogens is 153 g/mol. The molecule has 5 heteroatoms. The standard InChI is InChI=1S/C6H8FNO3/c1-4(9)8-3-2-5(7)6(10)11/h2H,3H2,1H3,(H,8,9)(H,10,11)/b5-2-. The smallest absolute Gasteiger partial charge is 0.364 e. The third-order valence-electron chi connectivity index (χ3n) is 0.837. The minimum absolute atomic E-state index is 0.104. The highest BCUT2D eigenvalue weighted by Gasteiger charge is 2.02. The van der Waals surface area contributed by atoms with Crippen molar-refractivity contribution in [3.05, 3.63) is 11.9 Å². The van der Waals surface area contributed by atoms with Crippen molar-refractivity contribution in [2.45, 2.75) is 6.92 Å². The third kappa shape index (κ3) is 5.07. The first-order valence-corrected chi connectivity index (χ1v) is 2.87. The maximum absolute atomic E-state index is 12.1. The molecule has 0 aromatic heterocycles. The molecule has 1 amide bonds. The molecule has 0 fully saturated rings. The Kier molecular flexibility index (Phi) is 3.87. The number of carboxylic acids is 1. The van der Waals surface area contributed by atoms with Gasteiger partial charge in [0.2, 0.25) is 11.7 Å². The molecule has 0 atom stereocenters. The fourth-order valence-corrected chi connectivity index (χ4v) is 0.372. The van der Waals surface area contributed by atoms with E-state index in [4.69, 9.17) is 5.11 Å². The van der Waals surface area contributed by atoms with Crippen LogP contribution in [0.3, 0.4) is 0 Å². The molecule has 0 bridgehead atoms. The van der Waals surface area contributed by atoms with Gasteiger partial charge in [0.15, 0.2) is 0 Å². The van der Waals surface area contributed by atoms with Gasteiger partial charge in [-0.15, -0.1) is 0 Å². The van der Waals surface area contributed by atoms with Gasteiger partial charge in [0.25, 0.3) is 0 Å². The van der Waals surface area contributed by atoms with Crippen LogP contribution in [0.15, 0.2) is 11.9 Å². The summed E-state index contributed by atoms with van der Waals surface area (Å²) in [5.41, 5.74) is 0. The molecule has 2 N–H and O–H groups in total. The van der Waals surface area contributed by atoms with Crippen LogP contribution in [0.2, 0.25) is 0 Å². The SMILES string of the molecule is CC(=O)NC/C=C(\F)C(=O)O. The zero-order valence-corrected chi connectivity index (χ0v) is 5.93. The molecule has 0 spiro atoms. The molecule has 0 aromatic rings. The summed E-state index contributed by atoms with van der Waals surface area (Å²) in [6.07, 6.45) is 0.781. The lowest BCUT2D eigenvalue weighted by molar-refractivity contribution is -0.134. The van der Waals surface area contributed by atoms with Crippen molar-refractivity contribution < 1.29 is 19.1 Å². The van der Waals surface area contributed by atoms with Crippen LogP contribution in [0.4, 0.5) is 4.39 Å². The lowest BCUT2D eigenvalue weighted by Crippen LogP contribution is -2.19. The average Bonchev–Trinajstić information content (AvgIpc) is 1.86. The maximum Gasteiger partial charge on any atom is 0.364 e. The topological polar surface area (TPSA) is 66.4 Å². The number of carboxylic acid groups (broad SMARTS) is 1. The number of halogens is 1. The zero-order chi connectivity index (χ0) is 8.85. The van der Waals surface area contributed by atoms with E-state index in [0.717, 1.165) is 6.08 Å². The molecule has 0 heterocycles. The Morgan fingerprint density at radius 3 is 2.55 bits per heavy atom. The van der Waals surface area contributed by atoms with E-state index < -0.39 is 11.8 Å². The molecule has 0 unspecified atom stereocenters. The monoisotopic (exact) mass is 161 g/mol. The highest BCUT2D eigenvalue weighted by atomic mass is 19.1. The summed E-state index contributed by atoms with van der Waals surface area (Å²) in [5.74, 6) is -3.23. The van der Waals surface area contributed by atoms with Gasteiger partial charge < -0.3 is 10.4 Å². The molecule has 0 aliphatic heterocycles. The lowest BCUT2D eigenvalue weighted by atomic mass is 10.4. The Morgan fingerprint density at radius 2 is 2.18 bits per heavy atom. The van der Waals surface area contributed by atoms with Gasteiger partial charge in [-0.25, -0.2) is 4.79 Å². The molecule has 0 saturated carbocycles. The maximum atomic E-state index is 12.1. The minimum Gasteiger partial charge on any atom is -0.476 e. The summed E-state index contributed by atoms with van der Waals surface area (Å²) in [6.45, 7) is 1.15. The Hall–Kier alpha value is -1.39. The molecule has 4 nitrogen and oxygen atoms in total. The first kappa shape index (κ1) is 9.61. The number of amides is 1. The fraction of sp³-hybridized carbons (Fsp3) is 0.333. The summed E-state index contributed by atoms with van der Waals surface area (Å²) >= 11 is 0. The van der Waals surface area contributed by atoms with Crippen LogP contribution in [-0.2, 0) is 9.59 Å². The van der Waals surface area contributed by atoms with Crippen molar-refractivity contribution in [1.29, 1.82) is 0 Å². The number of rotatable bonds is 3. The first-order valence-electron chi connectivity index (χ1n) is 2.87. The van der Waals surface area contributed by atoms with Gasteiger partial charge in [0.05, 0.1) is 0 Å². The number of carbonyl (C=O) groups excluding carboxylic acids is 1. The second kappa shape index (κ2) is 4.43. The molecule has 11 heavy (non-hydrogen) atoms. The highest BCUT2D eigenvalue weighted by Crippen LogP contribution is 1.93. The van der Waals surface area contributed by atoms with E-state index in [1.165, 1.54) is 6.92 Å². The van der Waals surface area contributed by atoms with E-state index in [-0.39, 0.29) is 12.5 Å². The highest BCUT2D eigenvalue weighted by molar-refractivity contribution is 5.84. The van der Waals surface area contributed by atoms with Gasteiger partial charge in [-0.3, -0.25) is 4.79 Å². The van der Waals surface area contributed by atoms with Crippen LogP contribution in [-0.4, -0.2) is 23.5 Å². The van der Waals surface area contributed by atoms with E-state index in [1.807, 2.05) is 0 Å². The van der Waals surface area contributed by atoms with Crippen LogP contribution in [0.5, 0.6) is 0 Å². The Morgan fingerprint density at radius 1 is 1.64 bits per heavy atom. The third-order valence-corrected chi connectivity index (χ3v) is 0.837. The van der Waals surface area contributed by atoms with Crippen molar-refractivity contribution in [2.24, 2.45) is 0 Å². The number of hydrogen-bond acceptors (Lipinski definition) is 2. The number of hydrogen-bond donors (Lipinski definition) is 2. The van der Waals surface area contributed by atoms with Crippen LogP contribution < -0.4 is 5.32 Å². The van der Waals surface area contributed by atoms with Crippen molar-refractivity contribution in [3.63, 3.8) is 0 Å². The molecule has 0 rings (SSSR count). The van der Waals surface area contributed by atoms with Gasteiger partial charge in [0, 0.05) is 13.5 Å².